The highest BCUT2D eigenvalue weighted by atomic mass is 32.1. The maximum Gasteiger partial charge on any atom is 0.0711 e. The number of rotatable bonds is 5. The van der Waals surface area contributed by atoms with Gasteiger partial charge >= 0.3 is 0 Å². The van der Waals surface area contributed by atoms with E-state index in [1.54, 1.807) is 7.11 Å². The summed E-state index contributed by atoms with van der Waals surface area (Å²) in [4.78, 5) is 3.86. The minimum absolute atomic E-state index is 0.394. The van der Waals surface area contributed by atoms with E-state index in [1.807, 2.05) is 11.3 Å². The molecule has 0 saturated carbocycles. The molecular formula is C13H22N2OS. The van der Waals surface area contributed by atoms with Crippen molar-refractivity contribution in [3.63, 3.8) is 0 Å². The van der Waals surface area contributed by atoms with Crippen LogP contribution in [0.4, 0.5) is 0 Å². The van der Waals surface area contributed by atoms with Crippen LogP contribution in [-0.2, 0) is 4.74 Å². The number of hydrogen-bond donors (Lipinski definition) is 1. The molecule has 0 aliphatic carbocycles. The topological polar surface area (TPSA) is 24.5 Å². The number of ether oxygens (including phenoxy) is 1. The van der Waals surface area contributed by atoms with Crippen molar-refractivity contribution in [3.05, 3.63) is 22.4 Å². The first-order valence-corrected chi connectivity index (χ1v) is 7.08. The van der Waals surface area contributed by atoms with Crippen LogP contribution in [0.25, 0.3) is 0 Å². The first kappa shape index (κ1) is 13.0. The van der Waals surface area contributed by atoms with Gasteiger partial charge in [0.1, 0.15) is 0 Å². The molecule has 1 saturated heterocycles. The normalized spacial score (nSPS) is 26.6. The van der Waals surface area contributed by atoms with Gasteiger partial charge in [-0.2, -0.15) is 0 Å². The van der Waals surface area contributed by atoms with Gasteiger partial charge in [-0.3, -0.25) is 4.90 Å². The molecule has 0 amide bonds. The van der Waals surface area contributed by atoms with Gasteiger partial charge in [-0.1, -0.05) is 6.07 Å². The smallest absolute Gasteiger partial charge is 0.0711 e. The lowest BCUT2D eigenvalue weighted by atomic mass is 10.1. The van der Waals surface area contributed by atoms with E-state index in [2.05, 4.69) is 41.7 Å². The monoisotopic (exact) mass is 254 g/mol. The highest BCUT2D eigenvalue weighted by Gasteiger charge is 2.26. The second-order valence-electron chi connectivity index (χ2n) is 4.83. The van der Waals surface area contributed by atoms with Crippen molar-refractivity contribution in [2.24, 2.45) is 0 Å². The maximum absolute atomic E-state index is 5.38. The molecule has 2 rings (SSSR count). The second-order valence-corrected chi connectivity index (χ2v) is 5.81. The Labute approximate surface area is 108 Å². The van der Waals surface area contributed by atoms with Crippen molar-refractivity contribution in [1.82, 2.24) is 10.2 Å². The summed E-state index contributed by atoms with van der Waals surface area (Å²) in [7, 11) is 4.00. The van der Waals surface area contributed by atoms with E-state index < -0.39 is 0 Å². The molecule has 0 spiro atoms. The predicted octanol–water partition coefficient (Wildman–Crippen LogP) is 2.12. The van der Waals surface area contributed by atoms with Gasteiger partial charge in [0, 0.05) is 37.2 Å². The molecule has 96 valence electrons. The van der Waals surface area contributed by atoms with Gasteiger partial charge in [0.15, 0.2) is 0 Å². The Hall–Kier alpha value is -0.420. The summed E-state index contributed by atoms with van der Waals surface area (Å²) in [6.45, 7) is 4.34. The Bertz CT molecular complexity index is 328. The van der Waals surface area contributed by atoms with E-state index in [9.17, 15) is 0 Å². The molecule has 1 aromatic heterocycles. The molecule has 0 radical (unpaired) electrons. The third-order valence-electron chi connectivity index (χ3n) is 3.64. The zero-order valence-electron chi connectivity index (χ0n) is 10.8. The third-order valence-corrected chi connectivity index (χ3v) is 4.68. The summed E-state index contributed by atoms with van der Waals surface area (Å²) >= 11 is 1.84. The molecule has 1 fully saturated rings. The standard InChI is InChI=1S/C13H22N2OS/c1-10(13-5-4-6-17-13)15(2)9-11-7-12(16-3)8-14-11/h4-6,10-12,14H,7-9H2,1-3H3. The van der Waals surface area contributed by atoms with Crippen molar-refractivity contribution in [2.75, 3.05) is 27.2 Å². The SMILES string of the molecule is COC1CNC(CN(C)C(C)c2cccs2)C1. The van der Waals surface area contributed by atoms with E-state index >= 15 is 0 Å². The Morgan fingerprint density at radius 2 is 2.47 bits per heavy atom. The number of hydrogen-bond acceptors (Lipinski definition) is 4. The molecule has 3 atom stereocenters. The lowest BCUT2D eigenvalue weighted by Gasteiger charge is -2.26. The van der Waals surface area contributed by atoms with E-state index in [4.69, 9.17) is 4.74 Å². The van der Waals surface area contributed by atoms with Crippen molar-refractivity contribution < 1.29 is 4.74 Å². The van der Waals surface area contributed by atoms with E-state index in [1.165, 1.54) is 4.88 Å². The molecule has 1 aromatic rings. The predicted molar refractivity (Wildman–Crippen MR) is 72.6 cm³/mol. The Morgan fingerprint density at radius 1 is 1.65 bits per heavy atom. The van der Waals surface area contributed by atoms with Crippen molar-refractivity contribution in [2.45, 2.75) is 31.5 Å². The molecule has 1 aliphatic heterocycles. The average Bonchev–Trinajstić information content (AvgIpc) is 2.98. The van der Waals surface area contributed by atoms with Gasteiger partial charge in [-0.05, 0) is 31.8 Å². The second kappa shape index (κ2) is 5.96. The fraction of sp³-hybridized carbons (Fsp3) is 0.692. The van der Waals surface area contributed by atoms with Gasteiger partial charge in [0.05, 0.1) is 6.10 Å². The zero-order chi connectivity index (χ0) is 12.3. The van der Waals surface area contributed by atoms with Gasteiger partial charge in [0.2, 0.25) is 0 Å². The molecular weight excluding hydrogens is 232 g/mol. The Balaban J connectivity index is 1.83. The van der Waals surface area contributed by atoms with Gasteiger partial charge in [-0.25, -0.2) is 0 Å². The molecule has 1 aliphatic rings. The first-order chi connectivity index (χ1) is 8.20. The first-order valence-electron chi connectivity index (χ1n) is 6.20. The highest BCUT2D eigenvalue weighted by molar-refractivity contribution is 7.10. The summed E-state index contributed by atoms with van der Waals surface area (Å²) in [6.07, 6.45) is 1.52. The Kier molecular flexibility index (Phi) is 4.56. The fourth-order valence-corrected chi connectivity index (χ4v) is 3.20. The minimum atomic E-state index is 0.394. The molecule has 0 aromatic carbocycles. The minimum Gasteiger partial charge on any atom is -0.380 e. The molecule has 3 unspecified atom stereocenters. The summed E-state index contributed by atoms with van der Waals surface area (Å²) in [5.41, 5.74) is 0. The summed E-state index contributed by atoms with van der Waals surface area (Å²) in [6, 6.07) is 5.40. The van der Waals surface area contributed by atoms with E-state index in [0.717, 1.165) is 19.5 Å². The largest absolute Gasteiger partial charge is 0.380 e. The van der Waals surface area contributed by atoms with Crippen LogP contribution in [-0.4, -0.2) is 44.3 Å². The molecule has 1 N–H and O–H groups in total. The average molecular weight is 254 g/mol. The lowest BCUT2D eigenvalue weighted by Crippen LogP contribution is -2.36. The quantitative estimate of drug-likeness (QED) is 0.871. The van der Waals surface area contributed by atoms with Crippen LogP contribution < -0.4 is 5.32 Å². The summed E-state index contributed by atoms with van der Waals surface area (Å²) in [5.74, 6) is 0. The van der Waals surface area contributed by atoms with Crippen LogP contribution in [0, 0.1) is 0 Å². The molecule has 3 nitrogen and oxygen atoms in total. The number of nitrogens with zero attached hydrogens (tertiary/aromatic N) is 1. The number of nitrogens with one attached hydrogen (secondary N) is 1. The van der Waals surface area contributed by atoms with E-state index in [0.29, 0.717) is 18.2 Å². The van der Waals surface area contributed by atoms with Crippen LogP contribution in [0.1, 0.15) is 24.3 Å². The highest BCUT2D eigenvalue weighted by Crippen LogP contribution is 2.24. The van der Waals surface area contributed by atoms with E-state index in [-0.39, 0.29) is 0 Å². The van der Waals surface area contributed by atoms with Crippen LogP contribution in [0.5, 0.6) is 0 Å². The third kappa shape index (κ3) is 3.28. The molecule has 0 bridgehead atoms. The van der Waals surface area contributed by atoms with Gasteiger partial charge in [0.25, 0.3) is 0 Å². The van der Waals surface area contributed by atoms with Gasteiger partial charge in [-0.15, -0.1) is 11.3 Å². The summed E-state index contributed by atoms with van der Waals surface area (Å²) in [5, 5.41) is 5.67. The Morgan fingerprint density at radius 3 is 3.06 bits per heavy atom. The van der Waals surface area contributed by atoms with Crippen LogP contribution in [0.3, 0.4) is 0 Å². The number of thiophene rings is 1. The van der Waals surface area contributed by atoms with Crippen LogP contribution >= 0.6 is 11.3 Å². The number of likely N-dealkylation sites (N-methyl/N-ethyl adjacent to an activating group) is 1. The molecule has 2 heterocycles. The maximum atomic E-state index is 5.38. The summed E-state index contributed by atoms with van der Waals surface area (Å²) < 4.78 is 5.38. The molecule has 4 heteroatoms. The van der Waals surface area contributed by atoms with Crippen molar-refractivity contribution in [1.29, 1.82) is 0 Å². The fourth-order valence-electron chi connectivity index (χ4n) is 2.35. The van der Waals surface area contributed by atoms with Crippen LogP contribution in [0.15, 0.2) is 17.5 Å². The van der Waals surface area contributed by atoms with Crippen molar-refractivity contribution >= 4 is 11.3 Å². The molecule has 17 heavy (non-hydrogen) atoms. The lowest BCUT2D eigenvalue weighted by molar-refractivity contribution is 0.115. The van der Waals surface area contributed by atoms with Crippen molar-refractivity contribution in [3.8, 4) is 0 Å². The zero-order valence-corrected chi connectivity index (χ0v) is 11.7. The van der Waals surface area contributed by atoms with Gasteiger partial charge < -0.3 is 10.1 Å². The number of methoxy groups -OCH3 is 1. The van der Waals surface area contributed by atoms with Crippen LogP contribution in [0.2, 0.25) is 0 Å².